The zero-order valence-corrected chi connectivity index (χ0v) is 27.9. The predicted molar refractivity (Wildman–Crippen MR) is 198 cm³/mol. The molecule has 48 heavy (non-hydrogen) atoms. The Balaban J connectivity index is 1.45. The molecule has 5 heteroatoms. The lowest BCUT2D eigenvalue weighted by atomic mass is 9.94. The fourth-order valence-corrected chi connectivity index (χ4v) is 5.68. The third-order valence-electron chi connectivity index (χ3n) is 8.45. The molecule has 0 spiro atoms. The van der Waals surface area contributed by atoms with Crippen molar-refractivity contribution in [3.8, 4) is 33.5 Å². The third kappa shape index (κ3) is 7.76. The van der Waals surface area contributed by atoms with Gasteiger partial charge in [-0.15, -0.1) is 0 Å². The minimum atomic E-state index is 0.0751. The molecule has 1 aliphatic rings. The average molecular weight is 626 g/mol. The first-order valence-corrected chi connectivity index (χ1v) is 16.3. The largest absolute Gasteiger partial charge is 0.264 e. The Bertz CT molecular complexity index is 2010. The van der Waals surface area contributed by atoms with Crippen molar-refractivity contribution in [2.75, 3.05) is 0 Å². The molecule has 4 aromatic heterocycles. The summed E-state index contributed by atoms with van der Waals surface area (Å²) in [6.45, 7) is 8.39. The number of aromatic nitrogens is 5. The molecule has 0 saturated carbocycles. The van der Waals surface area contributed by atoms with Gasteiger partial charge in [0.05, 0.1) is 11.4 Å². The summed E-state index contributed by atoms with van der Waals surface area (Å²) in [6, 6.07) is 20.8. The molecular weight excluding hydrogens is 587 g/mol. The second kappa shape index (κ2) is 15.2. The maximum absolute atomic E-state index is 4.95. The topological polar surface area (TPSA) is 64.5 Å². The smallest absolute Gasteiger partial charge is 0.126 e. The van der Waals surface area contributed by atoms with Gasteiger partial charge in [-0.05, 0) is 104 Å². The SMILES string of the molecule is C\C=C(/C=C\C=C(/C)CC)C1C=CC(c2cc(-c3cc(-c4cccnc4)cc(-c4cccnc4)c3)nc(C)n2)=CC(c2cccnc2)=C1. The van der Waals surface area contributed by atoms with E-state index in [0.29, 0.717) is 5.82 Å². The summed E-state index contributed by atoms with van der Waals surface area (Å²) >= 11 is 0. The maximum atomic E-state index is 4.95. The van der Waals surface area contributed by atoms with E-state index >= 15 is 0 Å². The highest BCUT2D eigenvalue weighted by molar-refractivity contribution is 5.89. The number of rotatable bonds is 9. The van der Waals surface area contributed by atoms with E-state index in [4.69, 9.17) is 9.97 Å². The number of benzene rings is 1. The van der Waals surface area contributed by atoms with E-state index in [2.05, 4.69) is 127 Å². The summed E-state index contributed by atoms with van der Waals surface area (Å²) in [5, 5.41) is 0. The molecule has 0 saturated heterocycles. The Morgan fingerprint density at radius 2 is 1.33 bits per heavy atom. The van der Waals surface area contributed by atoms with Crippen LogP contribution in [0.2, 0.25) is 0 Å². The van der Waals surface area contributed by atoms with Crippen molar-refractivity contribution in [3.05, 3.63) is 175 Å². The van der Waals surface area contributed by atoms with Crippen molar-refractivity contribution in [2.24, 2.45) is 5.92 Å². The molecule has 1 unspecified atom stereocenters. The van der Waals surface area contributed by atoms with Crippen LogP contribution in [-0.4, -0.2) is 24.9 Å². The first kappa shape index (κ1) is 32.1. The Kier molecular flexibility index (Phi) is 10.2. The Morgan fingerprint density at radius 3 is 1.92 bits per heavy atom. The van der Waals surface area contributed by atoms with Gasteiger partial charge in [0.15, 0.2) is 0 Å². The minimum Gasteiger partial charge on any atom is -0.264 e. The number of nitrogens with zero attached hydrogens (tertiary/aromatic N) is 5. The zero-order valence-electron chi connectivity index (χ0n) is 27.9. The van der Waals surface area contributed by atoms with Gasteiger partial charge in [-0.3, -0.25) is 15.0 Å². The Morgan fingerprint density at radius 1 is 0.729 bits per heavy atom. The quantitative estimate of drug-likeness (QED) is 0.153. The molecule has 6 rings (SSSR count). The molecular formula is C43H39N5. The van der Waals surface area contributed by atoms with Crippen LogP contribution >= 0.6 is 0 Å². The summed E-state index contributed by atoms with van der Waals surface area (Å²) in [7, 11) is 0. The van der Waals surface area contributed by atoms with Gasteiger partial charge >= 0.3 is 0 Å². The second-order valence-electron chi connectivity index (χ2n) is 11.8. The van der Waals surface area contributed by atoms with E-state index in [1.807, 2.05) is 49.9 Å². The molecule has 0 bridgehead atoms. The third-order valence-corrected chi connectivity index (χ3v) is 8.45. The van der Waals surface area contributed by atoms with Crippen LogP contribution in [0.15, 0.2) is 158 Å². The summed E-state index contributed by atoms with van der Waals surface area (Å²) < 4.78 is 0. The van der Waals surface area contributed by atoms with E-state index in [1.165, 1.54) is 11.1 Å². The van der Waals surface area contributed by atoms with E-state index in [-0.39, 0.29) is 5.92 Å². The Hall–Kier alpha value is -5.81. The molecule has 0 N–H and O–H groups in total. The fraction of sp³-hybridized carbons (Fsp3) is 0.140. The van der Waals surface area contributed by atoms with Gasteiger partial charge in [-0.2, -0.15) is 0 Å². The highest BCUT2D eigenvalue weighted by Crippen LogP contribution is 2.35. The van der Waals surface area contributed by atoms with E-state index in [0.717, 1.165) is 62.3 Å². The summed E-state index contributed by atoms with van der Waals surface area (Å²) in [5.74, 6) is 0.778. The molecule has 1 aliphatic carbocycles. The number of allylic oxidation sites excluding steroid dienone is 12. The minimum absolute atomic E-state index is 0.0751. The average Bonchev–Trinajstić information content (AvgIpc) is 3.37. The number of pyridine rings is 3. The molecule has 236 valence electrons. The molecule has 5 nitrogen and oxygen atoms in total. The van der Waals surface area contributed by atoms with Crippen LogP contribution in [0.3, 0.4) is 0 Å². The molecule has 5 aromatic rings. The monoisotopic (exact) mass is 625 g/mol. The molecule has 1 atom stereocenters. The van der Waals surface area contributed by atoms with Crippen molar-refractivity contribution in [3.63, 3.8) is 0 Å². The van der Waals surface area contributed by atoms with Crippen molar-refractivity contribution in [1.82, 2.24) is 24.9 Å². The van der Waals surface area contributed by atoms with Crippen molar-refractivity contribution < 1.29 is 0 Å². The van der Waals surface area contributed by atoms with Crippen molar-refractivity contribution >= 4 is 11.1 Å². The lowest BCUT2D eigenvalue weighted by Gasteiger charge is -2.12. The normalized spacial score (nSPS) is 15.3. The van der Waals surface area contributed by atoms with Crippen LogP contribution in [0.1, 0.15) is 44.3 Å². The van der Waals surface area contributed by atoms with Crippen LogP contribution in [0, 0.1) is 12.8 Å². The van der Waals surface area contributed by atoms with Crippen molar-refractivity contribution in [1.29, 1.82) is 0 Å². The number of hydrogen-bond donors (Lipinski definition) is 0. The zero-order chi connectivity index (χ0) is 33.3. The highest BCUT2D eigenvalue weighted by atomic mass is 14.9. The van der Waals surface area contributed by atoms with Crippen LogP contribution in [-0.2, 0) is 0 Å². The predicted octanol–water partition coefficient (Wildman–Crippen LogP) is 10.5. The molecule has 0 radical (unpaired) electrons. The van der Waals surface area contributed by atoms with Gasteiger partial charge in [-0.25, -0.2) is 9.97 Å². The van der Waals surface area contributed by atoms with Crippen LogP contribution < -0.4 is 0 Å². The van der Waals surface area contributed by atoms with Gasteiger partial charge in [-0.1, -0.05) is 73.2 Å². The molecule has 4 heterocycles. The maximum Gasteiger partial charge on any atom is 0.126 e. The summed E-state index contributed by atoms with van der Waals surface area (Å²) in [6.07, 6.45) is 29.8. The van der Waals surface area contributed by atoms with Gasteiger partial charge in [0.1, 0.15) is 5.82 Å². The van der Waals surface area contributed by atoms with Crippen molar-refractivity contribution in [2.45, 2.75) is 34.1 Å². The molecule has 0 fully saturated rings. The van der Waals surface area contributed by atoms with E-state index < -0.39 is 0 Å². The summed E-state index contributed by atoms with van der Waals surface area (Å²) in [4.78, 5) is 23.1. The summed E-state index contributed by atoms with van der Waals surface area (Å²) in [5.41, 5.74) is 12.6. The van der Waals surface area contributed by atoms with E-state index in [9.17, 15) is 0 Å². The van der Waals surface area contributed by atoms with Gasteiger partial charge in [0.25, 0.3) is 0 Å². The molecule has 0 amide bonds. The van der Waals surface area contributed by atoms with Gasteiger partial charge < -0.3 is 0 Å². The van der Waals surface area contributed by atoms with Crippen LogP contribution in [0.4, 0.5) is 0 Å². The first-order valence-electron chi connectivity index (χ1n) is 16.3. The van der Waals surface area contributed by atoms with Gasteiger partial charge in [0, 0.05) is 65.4 Å². The number of hydrogen-bond acceptors (Lipinski definition) is 5. The lowest BCUT2D eigenvalue weighted by Crippen LogP contribution is -1.98. The number of aryl methyl sites for hydroxylation is 1. The standard InChI is InChI=1S/C43H39N5/c1-5-30(3)11-7-12-32(6-2)33-16-17-34(22-38(21-33)35-13-8-18-44-27-35)42-26-43(48-31(4)47-42)41-24-39(36-14-9-19-45-28-36)23-40(25-41)37-15-10-20-46-29-37/h6-29,33H,5H2,1-4H3/b12-7-,30-11+,32-6+. The van der Waals surface area contributed by atoms with Crippen LogP contribution in [0.25, 0.3) is 44.7 Å². The lowest BCUT2D eigenvalue weighted by molar-refractivity contribution is 1.00. The fourth-order valence-electron chi connectivity index (χ4n) is 5.68. The Labute approximate surface area is 283 Å². The van der Waals surface area contributed by atoms with Gasteiger partial charge in [0.2, 0.25) is 0 Å². The molecule has 1 aromatic carbocycles. The van der Waals surface area contributed by atoms with Crippen LogP contribution in [0.5, 0.6) is 0 Å². The van der Waals surface area contributed by atoms with E-state index in [1.54, 1.807) is 12.4 Å². The molecule has 0 aliphatic heterocycles. The first-order chi connectivity index (χ1) is 23.5. The second-order valence-corrected chi connectivity index (χ2v) is 11.8. The highest BCUT2D eigenvalue weighted by Gasteiger charge is 2.16.